The molecule has 0 saturated carbocycles. The monoisotopic (exact) mass is 193 g/mol. The van der Waals surface area contributed by atoms with Crippen LogP contribution in [0.15, 0.2) is 30.3 Å². The molecule has 0 heterocycles. The molecule has 2 nitrogen and oxygen atoms in total. The van der Waals surface area contributed by atoms with Gasteiger partial charge < -0.3 is 10.4 Å². The zero-order chi connectivity index (χ0) is 10.4. The zero-order valence-electron chi connectivity index (χ0n) is 8.90. The number of benzene rings is 1. The van der Waals surface area contributed by atoms with Gasteiger partial charge in [0.1, 0.15) is 0 Å². The lowest BCUT2D eigenvalue weighted by Gasteiger charge is -2.22. The van der Waals surface area contributed by atoms with Gasteiger partial charge in [-0.3, -0.25) is 0 Å². The summed E-state index contributed by atoms with van der Waals surface area (Å²) in [6, 6.07) is 10.5. The lowest BCUT2D eigenvalue weighted by molar-refractivity contribution is 0.267. The molecule has 0 saturated heterocycles. The van der Waals surface area contributed by atoms with Gasteiger partial charge >= 0.3 is 0 Å². The van der Waals surface area contributed by atoms with Crippen molar-refractivity contribution in [3.8, 4) is 0 Å². The van der Waals surface area contributed by atoms with Gasteiger partial charge in [-0.05, 0) is 24.5 Å². The molecule has 0 radical (unpaired) electrons. The van der Waals surface area contributed by atoms with Crippen molar-refractivity contribution in [2.45, 2.75) is 26.3 Å². The number of hydrogen-bond acceptors (Lipinski definition) is 2. The molecule has 1 rings (SSSR count). The van der Waals surface area contributed by atoms with Crippen LogP contribution in [0.3, 0.4) is 0 Å². The average molecular weight is 193 g/mol. The standard InChI is InChI=1S/C12H19NO/c1-10(2)12(8-9-14)13-11-6-4-3-5-7-11/h3-7,10,12-14H,8-9H2,1-2H3. The number of anilines is 1. The molecule has 0 bridgehead atoms. The molecule has 2 N–H and O–H groups in total. The van der Waals surface area contributed by atoms with E-state index in [4.69, 9.17) is 5.11 Å². The van der Waals surface area contributed by atoms with E-state index in [-0.39, 0.29) is 6.61 Å². The Hall–Kier alpha value is -1.02. The SMILES string of the molecule is CC(C)C(CCO)Nc1ccccc1. The number of para-hydroxylation sites is 1. The zero-order valence-corrected chi connectivity index (χ0v) is 8.90. The molecule has 0 fully saturated rings. The number of aliphatic hydroxyl groups is 1. The highest BCUT2D eigenvalue weighted by atomic mass is 16.3. The molecule has 1 atom stereocenters. The Morgan fingerprint density at radius 3 is 2.36 bits per heavy atom. The van der Waals surface area contributed by atoms with E-state index in [1.807, 2.05) is 30.3 Å². The Kier molecular flexibility index (Phi) is 4.47. The van der Waals surface area contributed by atoms with Crippen LogP contribution >= 0.6 is 0 Å². The molecule has 1 aromatic rings. The molecule has 1 aromatic carbocycles. The average Bonchev–Trinajstić information content (AvgIpc) is 2.18. The predicted molar refractivity (Wildman–Crippen MR) is 60.4 cm³/mol. The highest BCUT2D eigenvalue weighted by molar-refractivity contribution is 5.43. The molecular weight excluding hydrogens is 174 g/mol. The van der Waals surface area contributed by atoms with Crippen molar-refractivity contribution in [1.29, 1.82) is 0 Å². The van der Waals surface area contributed by atoms with Gasteiger partial charge in [-0.25, -0.2) is 0 Å². The fourth-order valence-electron chi connectivity index (χ4n) is 1.46. The highest BCUT2D eigenvalue weighted by Gasteiger charge is 2.11. The Labute approximate surface area is 86.0 Å². The van der Waals surface area contributed by atoms with Crippen molar-refractivity contribution in [3.63, 3.8) is 0 Å². The minimum atomic E-state index is 0.239. The van der Waals surface area contributed by atoms with Crippen molar-refractivity contribution in [2.24, 2.45) is 5.92 Å². The van der Waals surface area contributed by atoms with Gasteiger partial charge in [0.2, 0.25) is 0 Å². The van der Waals surface area contributed by atoms with Crippen molar-refractivity contribution in [3.05, 3.63) is 30.3 Å². The second-order valence-electron chi connectivity index (χ2n) is 3.87. The van der Waals surface area contributed by atoms with Crippen LogP contribution < -0.4 is 5.32 Å². The molecule has 78 valence electrons. The summed E-state index contributed by atoms with van der Waals surface area (Å²) in [6.45, 7) is 4.56. The van der Waals surface area contributed by atoms with Gasteiger partial charge in [-0.1, -0.05) is 32.0 Å². The summed E-state index contributed by atoms with van der Waals surface area (Å²) in [6.07, 6.45) is 0.798. The van der Waals surface area contributed by atoms with Crippen LogP contribution in [-0.4, -0.2) is 17.8 Å². The minimum Gasteiger partial charge on any atom is -0.396 e. The smallest absolute Gasteiger partial charge is 0.0450 e. The summed E-state index contributed by atoms with van der Waals surface area (Å²) >= 11 is 0. The van der Waals surface area contributed by atoms with E-state index in [1.165, 1.54) is 0 Å². The first-order valence-electron chi connectivity index (χ1n) is 5.16. The number of aliphatic hydroxyl groups excluding tert-OH is 1. The lowest BCUT2D eigenvalue weighted by atomic mass is 10.0. The molecule has 0 amide bonds. The predicted octanol–water partition coefficient (Wildman–Crippen LogP) is 2.51. The second-order valence-corrected chi connectivity index (χ2v) is 3.87. The Bertz CT molecular complexity index is 246. The van der Waals surface area contributed by atoms with Crippen LogP contribution in [0.5, 0.6) is 0 Å². The van der Waals surface area contributed by atoms with Gasteiger partial charge in [0, 0.05) is 18.3 Å². The molecule has 0 aliphatic carbocycles. The highest BCUT2D eigenvalue weighted by Crippen LogP contribution is 2.14. The summed E-state index contributed by atoms with van der Waals surface area (Å²) in [5, 5.41) is 12.3. The van der Waals surface area contributed by atoms with Crippen LogP contribution in [-0.2, 0) is 0 Å². The van der Waals surface area contributed by atoms with E-state index in [1.54, 1.807) is 0 Å². The quantitative estimate of drug-likeness (QED) is 0.753. The fraction of sp³-hybridized carbons (Fsp3) is 0.500. The third-order valence-electron chi connectivity index (χ3n) is 2.37. The Balaban J connectivity index is 2.55. The normalized spacial score (nSPS) is 12.9. The van der Waals surface area contributed by atoms with E-state index in [0.29, 0.717) is 12.0 Å². The third-order valence-corrected chi connectivity index (χ3v) is 2.37. The van der Waals surface area contributed by atoms with Gasteiger partial charge in [0.15, 0.2) is 0 Å². The molecule has 0 aromatic heterocycles. The first-order valence-corrected chi connectivity index (χ1v) is 5.16. The third kappa shape index (κ3) is 3.38. The number of hydrogen-bond donors (Lipinski definition) is 2. The van der Waals surface area contributed by atoms with E-state index in [0.717, 1.165) is 12.1 Å². The number of rotatable bonds is 5. The van der Waals surface area contributed by atoms with Crippen molar-refractivity contribution < 1.29 is 5.11 Å². The van der Waals surface area contributed by atoms with E-state index in [9.17, 15) is 0 Å². The molecule has 2 heteroatoms. The molecule has 1 unspecified atom stereocenters. The van der Waals surface area contributed by atoms with Gasteiger partial charge in [-0.15, -0.1) is 0 Å². The second kappa shape index (κ2) is 5.66. The van der Waals surface area contributed by atoms with E-state index < -0.39 is 0 Å². The van der Waals surface area contributed by atoms with Gasteiger partial charge in [0.05, 0.1) is 0 Å². The first-order chi connectivity index (χ1) is 6.74. The van der Waals surface area contributed by atoms with Crippen LogP contribution in [0.4, 0.5) is 5.69 Å². The topological polar surface area (TPSA) is 32.3 Å². The van der Waals surface area contributed by atoms with Crippen LogP contribution in [0.25, 0.3) is 0 Å². The van der Waals surface area contributed by atoms with Gasteiger partial charge in [-0.2, -0.15) is 0 Å². The maximum Gasteiger partial charge on any atom is 0.0450 e. The minimum absolute atomic E-state index is 0.239. The summed E-state index contributed by atoms with van der Waals surface area (Å²) in [5.74, 6) is 0.530. The summed E-state index contributed by atoms with van der Waals surface area (Å²) in [4.78, 5) is 0. The summed E-state index contributed by atoms with van der Waals surface area (Å²) in [5.41, 5.74) is 1.12. The van der Waals surface area contributed by atoms with Crippen molar-refractivity contribution >= 4 is 5.69 Å². The fourth-order valence-corrected chi connectivity index (χ4v) is 1.46. The maximum absolute atomic E-state index is 8.92. The van der Waals surface area contributed by atoms with Crippen molar-refractivity contribution in [2.75, 3.05) is 11.9 Å². The Morgan fingerprint density at radius 1 is 1.21 bits per heavy atom. The molecule has 0 spiro atoms. The lowest BCUT2D eigenvalue weighted by Crippen LogP contribution is -2.26. The molecular formula is C12H19NO. The summed E-state index contributed by atoms with van der Waals surface area (Å²) < 4.78 is 0. The van der Waals surface area contributed by atoms with Crippen LogP contribution in [0, 0.1) is 5.92 Å². The van der Waals surface area contributed by atoms with E-state index >= 15 is 0 Å². The van der Waals surface area contributed by atoms with Crippen molar-refractivity contribution in [1.82, 2.24) is 0 Å². The van der Waals surface area contributed by atoms with Crippen LogP contribution in [0.2, 0.25) is 0 Å². The molecule has 0 aliphatic rings. The van der Waals surface area contributed by atoms with Gasteiger partial charge in [0.25, 0.3) is 0 Å². The number of nitrogens with one attached hydrogen (secondary N) is 1. The first kappa shape index (κ1) is 11.1. The maximum atomic E-state index is 8.92. The van der Waals surface area contributed by atoms with Crippen LogP contribution in [0.1, 0.15) is 20.3 Å². The van der Waals surface area contributed by atoms with E-state index in [2.05, 4.69) is 19.2 Å². The largest absolute Gasteiger partial charge is 0.396 e. The molecule has 14 heavy (non-hydrogen) atoms. The Morgan fingerprint density at radius 2 is 1.86 bits per heavy atom. The summed E-state index contributed by atoms with van der Waals surface area (Å²) in [7, 11) is 0. The molecule has 0 aliphatic heterocycles.